The SMILES string of the molecule is COC(=O)c1cc(OC)c(OC)cc1NC(=O)c1cc(S(=O)(=O)N2CCCC2)ccc1OC. The number of hydrogen-bond donors (Lipinski definition) is 1. The molecule has 0 aliphatic carbocycles. The van der Waals surface area contributed by atoms with Crippen molar-refractivity contribution in [3.8, 4) is 17.2 Å². The first-order valence-corrected chi connectivity index (χ1v) is 11.5. The lowest BCUT2D eigenvalue weighted by molar-refractivity contribution is 0.0601. The number of nitrogens with zero attached hydrogens (tertiary/aromatic N) is 1. The van der Waals surface area contributed by atoms with Crippen molar-refractivity contribution in [1.82, 2.24) is 4.31 Å². The summed E-state index contributed by atoms with van der Waals surface area (Å²) in [7, 11) is 1.65. The maximum absolute atomic E-state index is 13.2. The number of esters is 1. The summed E-state index contributed by atoms with van der Waals surface area (Å²) < 4.78 is 47.9. The van der Waals surface area contributed by atoms with E-state index in [4.69, 9.17) is 18.9 Å². The third-order valence-corrected chi connectivity index (χ3v) is 7.19. The Morgan fingerprint density at radius 2 is 1.45 bits per heavy atom. The molecule has 1 aliphatic heterocycles. The van der Waals surface area contributed by atoms with Crippen molar-refractivity contribution in [2.75, 3.05) is 46.8 Å². The molecule has 1 aliphatic rings. The minimum atomic E-state index is -3.75. The molecular weight excluding hydrogens is 452 g/mol. The first kappa shape index (κ1) is 24.3. The maximum Gasteiger partial charge on any atom is 0.340 e. The molecule has 0 atom stereocenters. The van der Waals surface area contributed by atoms with E-state index in [1.165, 1.54) is 63.1 Å². The monoisotopic (exact) mass is 478 g/mol. The summed E-state index contributed by atoms with van der Waals surface area (Å²) in [5.74, 6) is -0.663. The minimum absolute atomic E-state index is 0.0108. The Morgan fingerprint density at radius 1 is 0.848 bits per heavy atom. The van der Waals surface area contributed by atoms with Crippen LogP contribution in [-0.4, -0.2) is 66.1 Å². The highest BCUT2D eigenvalue weighted by molar-refractivity contribution is 7.89. The van der Waals surface area contributed by atoms with Gasteiger partial charge in [0.1, 0.15) is 5.75 Å². The molecular formula is C22H26N2O8S. The van der Waals surface area contributed by atoms with Crippen molar-refractivity contribution in [2.45, 2.75) is 17.7 Å². The number of carbonyl (C=O) groups excluding carboxylic acids is 2. The van der Waals surface area contributed by atoms with E-state index in [0.29, 0.717) is 13.1 Å². The van der Waals surface area contributed by atoms with Gasteiger partial charge in [0.2, 0.25) is 10.0 Å². The number of rotatable bonds is 8. The Hall–Kier alpha value is -3.31. The highest BCUT2D eigenvalue weighted by atomic mass is 32.2. The van der Waals surface area contributed by atoms with Gasteiger partial charge in [-0.25, -0.2) is 13.2 Å². The van der Waals surface area contributed by atoms with Crippen molar-refractivity contribution in [2.24, 2.45) is 0 Å². The van der Waals surface area contributed by atoms with Gasteiger partial charge in [0.05, 0.1) is 50.1 Å². The summed E-state index contributed by atoms with van der Waals surface area (Å²) in [6.07, 6.45) is 1.58. The average molecular weight is 479 g/mol. The first-order chi connectivity index (χ1) is 15.8. The average Bonchev–Trinajstić information content (AvgIpc) is 3.38. The van der Waals surface area contributed by atoms with Crippen LogP contribution < -0.4 is 19.5 Å². The predicted octanol–water partition coefficient (Wildman–Crippen LogP) is 2.54. The number of anilines is 1. The number of hydrogen-bond acceptors (Lipinski definition) is 8. The van der Waals surface area contributed by atoms with Gasteiger partial charge < -0.3 is 24.3 Å². The molecule has 1 amide bonds. The number of methoxy groups -OCH3 is 4. The van der Waals surface area contributed by atoms with Gasteiger partial charge in [-0.05, 0) is 31.0 Å². The van der Waals surface area contributed by atoms with Crippen molar-refractivity contribution in [3.63, 3.8) is 0 Å². The van der Waals surface area contributed by atoms with Crippen LogP contribution in [0.4, 0.5) is 5.69 Å². The normalized spacial score (nSPS) is 13.9. The molecule has 2 aromatic rings. The highest BCUT2D eigenvalue weighted by Gasteiger charge is 2.29. The van der Waals surface area contributed by atoms with Crippen LogP contribution in [0.5, 0.6) is 17.2 Å². The van der Waals surface area contributed by atoms with Gasteiger partial charge in [-0.2, -0.15) is 4.31 Å². The van der Waals surface area contributed by atoms with Crippen LogP contribution in [0.15, 0.2) is 35.2 Å². The van der Waals surface area contributed by atoms with Crippen molar-refractivity contribution in [1.29, 1.82) is 0 Å². The van der Waals surface area contributed by atoms with Gasteiger partial charge in [0.15, 0.2) is 11.5 Å². The van der Waals surface area contributed by atoms with Crippen LogP contribution in [0.3, 0.4) is 0 Å². The largest absolute Gasteiger partial charge is 0.496 e. The Morgan fingerprint density at radius 3 is 2.03 bits per heavy atom. The number of benzene rings is 2. The fourth-order valence-corrected chi connectivity index (χ4v) is 5.10. The number of amides is 1. The number of ether oxygens (including phenoxy) is 4. The number of sulfonamides is 1. The summed E-state index contributed by atoms with van der Waals surface area (Å²) in [5.41, 5.74) is 0.117. The summed E-state index contributed by atoms with van der Waals surface area (Å²) in [4.78, 5) is 25.5. The third kappa shape index (κ3) is 4.88. The first-order valence-electron chi connectivity index (χ1n) is 10.1. The standard InChI is InChI=1S/C22H26N2O8S/c1-29-18-8-7-14(33(27,28)24-9-5-6-10-24)11-16(18)21(25)23-17-13-20(31-3)19(30-2)12-15(17)22(26)32-4/h7-8,11-13H,5-6,9-10H2,1-4H3,(H,23,25). The fourth-order valence-electron chi connectivity index (χ4n) is 3.55. The Labute approximate surface area is 192 Å². The summed E-state index contributed by atoms with van der Waals surface area (Å²) in [6.45, 7) is 0.869. The number of nitrogens with one attached hydrogen (secondary N) is 1. The van der Waals surface area contributed by atoms with Gasteiger partial charge in [-0.3, -0.25) is 4.79 Å². The molecule has 0 spiro atoms. The van der Waals surface area contributed by atoms with Gasteiger partial charge >= 0.3 is 5.97 Å². The molecule has 1 saturated heterocycles. The molecule has 0 bridgehead atoms. The fraction of sp³-hybridized carbons (Fsp3) is 0.364. The van der Waals surface area contributed by atoms with Crippen LogP contribution in [-0.2, 0) is 14.8 Å². The summed E-state index contributed by atoms with van der Waals surface area (Å²) in [6, 6.07) is 6.89. The minimum Gasteiger partial charge on any atom is -0.496 e. The molecule has 33 heavy (non-hydrogen) atoms. The predicted molar refractivity (Wildman–Crippen MR) is 120 cm³/mol. The van der Waals surface area contributed by atoms with E-state index >= 15 is 0 Å². The molecule has 1 fully saturated rings. The molecule has 0 unspecified atom stereocenters. The zero-order valence-electron chi connectivity index (χ0n) is 18.8. The topological polar surface area (TPSA) is 120 Å². The second kappa shape index (κ2) is 10.1. The smallest absolute Gasteiger partial charge is 0.340 e. The van der Waals surface area contributed by atoms with E-state index in [-0.39, 0.29) is 39.0 Å². The second-order valence-corrected chi connectivity index (χ2v) is 9.11. The van der Waals surface area contributed by atoms with Crippen molar-refractivity contribution in [3.05, 3.63) is 41.5 Å². The maximum atomic E-state index is 13.2. The van der Waals surface area contributed by atoms with Crippen LogP contribution in [0.25, 0.3) is 0 Å². The van der Waals surface area contributed by atoms with E-state index in [0.717, 1.165) is 12.8 Å². The van der Waals surface area contributed by atoms with Gasteiger partial charge in [0.25, 0.3) is 5.91 Å². The molecule has 0 saturated carbocycles. The van der Waals surface area contributed by atoms with Gasteiger partial charge in [0, 0.05) is 25.2 Å². The lowest BCUT2D eigenvalue weighted by Crippen LogP contribution is -2.28. The molecule has 10 nitrogen and oxygen atoms in total. The van der Waals surface area contributed by atoms with Crippen LogP contribution >= 0.6 is 0 Å². The van der Waals surface area contributed by atoms with Crippen LogP contribution in [0.1, 0.15) is 33.6 Å². The van der Waals surface area contributed by atoms with E-state index in [1.54, 1.807) is 0 Å². The van der Waals surface area contributed by atoms with E-state index in [1.807, 2.05) is 0 Å². The van der Waals surface area contributed by atoms with Crippen LogP contribution in [0, 0.1) is 0 Å². The molecule has 178 valence electrons. The second-order valence-electron chi connectivity index (χ2n) is 7.17. The van der Waals surface area contributed by atoms with Gasteiger partial charge in [-0.1, -0.05) is 0 Å². The summed E-state index contributed by atoms with van der Waals surface area (Å²) in [5, 5.41) is 2.63. The van der Waals surface area contributed by atoms with E-state index < -0.39 is 21.9 Å². The van der Waals surface area contributed by atoms with Crippen molar-refractivity contribution >= 4 is 27.6 Å². The zero-order valence-corrected chi connectivity index (χ0v) is 19.7. The molecule has 11 heteroatoms. The molecule has 1 heterocycles. The highest BCUT2D eigenvalue weighted by Crippen LogP contribution is 2.35. The lowest BCUT2D eigenvalue weighted by Gasteiger charge is -2.18. The molecule has 0 radical (unpaired) electrons. The number of carbonyl (C=O) groups is 2. The Balaban J connectivity index is 2.03. The Bertz CT molecular complexity index is 1160. The van der Waals surface area contributed by atoms with Crippen LogP contribution in [0.2, 0.25) is 0 Å². The molecule has 1 N–H and O–H groups in total. The quantitative estimate of drug-likeness (QED) is 0.575. The van der Waals surface area contributed by atoms with Crippen molar-refractivity contribution < 1.29 is 37.0 Å². The lowest BCUT2D eigenvalue weighted by atomic mass is 10.1. The Kier molecular flexibility index (Phi) is 7.44. The zero-order chi connectivity index (χ0) is 24.2. The van der Waals surface area contributed by atoms with Gasteiger partial charge in [-0.15, -0.1) is 0 Å². The molecule has 3 rings (SSSR count). The molecule has 2 aromatic carbocycles. The summed E-state index contributed by atoms with van der Waals surface area (Å²) >= 11 is 0. The molecule has 0 aromatic heterocycles. The van der Waals surface area contributed by atoms with E-state index in [9.17, 15) is 18.0 Å². The van der Waals surface area contributed by atoms with E-state index in [2.05, 4.69) is 5.32 Å². The third-order valence-electron chi connectivity index (χ3n) is 5.30.